The van der Waals surface area contributed by atoms with Crippen LogP contribution in [0.4, 0.5) is 4.39 Å². The second kappa shape index (κ2) is 3.52. The fourth-order valence-corrected chi connectivity index (χ4v) is 2.01. The van der Waals surface area contributed by atoms with Gasteiger partial charge in [0.05, 0.1) is 5.02 Å². The van der Waals surface area contributed by atoms with E-state index in [-0.39, 0.29) is 16.3 Å². The van der Waals surface area contributed by atoms with E-state index >= 15 is 0 Å². The minimum absolute atomic E-state index is 0.247. The first kappa shape index (κ1) is 9.94. The monoisotopic (exact) mass is 213 g/mol. The topological polar surface area (TPSA) is 12.0 Å². The minimum Gasteiger partial charge on any atom is -0.316 e. The molecule has 0 saturated carbocycles. The van der Waals surface area contributed by atoms with E-state index in [0.29, 0.717) is 0 Å². The van der Waals surface area contributed by atoms with Gasteiger partial charge in [-0.3, -0.25) is 0 Å². The van der Waals surface area contributed by atoms with Gasteiger partial charge in [-0.05, 0) is 23.5 Å². The Balaban J connectivity index is 2.20. The van der Waals surface area contributed by atoms with Gasteiger partial charge in [-0.15, -0.1) is 0 Å². The van der Waals surface area contributed by atoms with Crippen molar-refractivity contribution in [1.82, 2.24) is 5.32 Å². The smallest absolute Gasteiger partial charge is 0.142 e. The molecule has 1 N–H and O–H groups in total. The molecule has 0 amide bonds. The van der Waals surface area contributed by atoms with Crippen LogP contribution >= 0.6 is 11.6 Å². The van der Waals surface area contributed by atoms with Gasteiger partial charge in [0.15, 0.2) is 0 Å². The molecule has 1 aliphatic rings. The molecule has 1 aromatic carbocycles. The lowest BCUT2D eigenvalue weighted by Gasteiger charge is -2.39. The van der Waals surface area contributed by atoms with Gasteiger partial charge in [0, 0.05) is 13.1 Å². The summed E-state index contributed by atoms with van der Waals surface area (Å²) in [5.41, 5.74) is 1.16. The van der Waals surface area contributed by atoms with Crippen molar-refractivity contribution >= 4 is 11.6 Å². The van der Waals surface area contributed by atoms with Crippen molar-refractivity contribution in [1.29, 1.82) is 0 Å². The van der Waals surface area contributed by atoms with Crippen molar-refractivity contribution < 1.29 is 4.39 Å². The zero-order chi connectivity index (χ0) is 10.2. The number of hydrogen-bond donors (Lipinski definition) is 1. The lowest BCUT2D eigenvalue weighted by molar-refractivity contribution is 0.195. The maximum atomic E-state index is 13.1. The van der Waals surface area contributed by atoms with E-state index in [0.717, 1.165) is 25.1 Å². The number of hydrogen-bond acceptors (Lipinski definition) is 1. The summed E-state index contributed by atoms with van der Waals surface area (Å²) in [6.07, 6.45) is 0.844. The summed E-state index contributed by atoms with van der Waals surface area (Å²) in [5.74, 6) is -0.319. The normalized spacial score (nSPS) is 19.1. The average Bonchev–Trinajstić information content (AvgIpc) is 2.10. The highest BCUT2D eigenvalue weighted by Gasteiger charge is 2.32. The second-order valence-electron chi connectivity index (χ2n) is 4.30. The fourth-order valence-electron chi connectivity index (χ4n) is 1.82. The van der Waals surface area contributed by atoms with E-state index in [9.17, 15) is 4.39 Å². The van der Waals surface area contributed by atoms with E-state index in [1.807, 2.05) is 6.07 Å². The first-order chi connectivity index (χ1) is 6.61. The molecule has 76 valence electrons. The average molecular weight is 214 g/mol. The van der Waals surface area contributed by atoms with Gasteiger partial charge >= 0.3 is 0 Å². The van der Waals surface area contributed by atoms with Crippen molar-refractivity contribution in [2.24, 2.45) is 5.41 Å². The number of nitrogens with one attached hydrogen (secondary N) is 1. The molecule has 1 aliphatic heterocycles. The van der Waals surface area contributed by atoms with Crippen LogP contribution in [0, 0.1) is 11.2 Å². The van der Waals surface area contributed by atoms with Crippen LogP contribution < -0.4 is 5.32 Å². The molecule has 0 aliphatic carbocycles. The summed E-state index contributed by atoms with van der Waals surface area (Å²) in [6, 6.07) is 5.01. The van der Waals surface area contributed by atoms with Crippen molar-refractivity contribution in [2.75, 3.05) is 13.1 Å². The SMILES string of the molecule is CC1(Cc2cccc(F)c2Cl)CNC1. The highest BCUT2D eigenvalue weighted by molar-refractivity contribution is 6.31. The lowest BCUT2D eigenvalue weighted by atomic mass is 9.78. The molecule has 1 aromatic rings. The Morgan fingerprint density at radius 1 is 1.50 bits per heavy atom. The molecule has 0 spiro atoms. The molecule has 0 atom stereocenters. The Hall–Kier alpha value is -0.600. The number of benzene rings is 1. The summed E-state index contributed by atoms with van der Waals surface area (Å²) >= 11 is 5.88. The van der Waals surface area contributed by atoms with Crippen molar-refractivity contribution in [2.45, 2.75) is 13.3 Å². The summed E-state index contributed by atoms with van der Waals surface area (Å²) < 4.78 is 13.1. The van der Waals surface area contributed by atoms with Gasteiger partial charge in [0.2, 0.25) is 0 Å². The predicted octanol–water partition coefficient (Wildman–Crippen LogP) is 2.63. The van der Waals surface area contributed by atoms with E-state index in [1.165, 1.54) is 6.07 Å². The zero-order valence-electron chi connectivity index (χ0n) is 8.11. The molecular formula is C11H13ClFN. The van der Waals surface area contributed by atoms with Gasteiger partial charge in [0.25, 0.3) is 0 Å². The number of halogens is 2. The molecular weight excluding hydrogens is 201 g/mol. The van der Waals surface area contributed by atoms with Gasteiger partial charge in [-0.1, -0.05) is 30.7 Å². The van der Waals surface area contributed by atoms with E-state index in [1.54, 1.807) is 6.07 Å². The summed E-state index contributed by atoms with van der Waals surface area (Å²) in [7, 11) is 0. The molecule has 1 fully saturated rings. The molecule has 14 heavy (non-hydrogen) atoms. The van der Waals surface area contributed by atoms with Gasteiger partial charge in [-0.2, -0.15) is 0 Å². The maximum Gasteiger partial charge on any atom is 0.142 e. The van der Waals surface area contributed by atoms with Crippen LogP contribution in [0.3, 0.4) is 0 Å². The quantitative estimate of drug-likeness (QED) is 0.797. The molecule has 3 heteroatoms. The second-order valence-corrected chi connectivity index (χ2v) is 4.68. The van der Waals surface area contributed by atoms with Gasteiger partial charge < -0.3 is 5.32 Å². The lowest BCUT2D eigenvalue weighted by Crippen LogP contribution is -2.52. The Bertz CT molecular complexity index is 347. The molecule has 2 rings (SSSR count). The third-order valence-electron chi connectivity index (χ3n) is 2.75. The van der Waals surface area contributed by atoms with Crippen molar-refractivity contribution in [3.63, 3.8) is 0 Å². The maximum absolute atomic E-state index is 13.1. The Morgan fingerprint density at radius 2 is 2.21 bits per heavy atom. The molecule has 0 unspecified atom stereocenters. The summed E-state index contributed by atoms with van der Waals surface area (Å²) in [5, 5.41) is 3.50. The largest absolute Gasteiger partial charge is 0.316 e. The molecule has 0 bridgehead atoms. The molecule has 0 radical (unpaired) electrons. The molecule has 1 saturated heterocycles. The summed E-state index contributed by atoms with van der Waals surface area (Å²) in [4.78, 5) is 0. The highest BCUT2D eigenvalue weighted by Crippen LogP contribution is 2.30. The molecule has 1 nitrogen and oxygen atoms in total. The Labute approximate surface area is 88.3 Å². The summed E-state index contributed by atoms with van der Waals surface area (Å²) in [6.45, 7) is 4.16. The third-order valence-corrected chi connectivity index (χ3v) is 3.18. The van der Waals surface area contributed by atoms with Crippen molar-refractivity contribution in [3.05, 3.63) is 34.6 Å². The van der Waals surface area contributed by atoms with E-state index < -0.39 is 0 Å². The molecule has 1 heterocycles. The predicted molar refractivity (Wildman–Crippen MR) is 56.1 cm³/mol. The standard InChI is InChI=1S/C11H13ClFN/c1-11(6-14-7-11)5-8-3-2-4-9(13)10(8)12/h2-4,14H,5-7H2,1H3. The van der Waals surface area contributed by atoms with Crippen LogP contribution in [-0.2, 0) is 6.42 Å². The zero-order valence-corrected chi connectivity index (χ0v) is 8.87. The van der Waals surface area contributed by atoms with Crippen LogP contribution in [0.15, 0.2) is 18.2 Å². The van der Waals surface area contributed by atoms with E-state index in [2.05, 4.69) is 12.2 Å². The van der Waals surface area contributed by atoms with Gasteiger partial charge in [-0.25, -0.2) is 4.39 Å². The first-order valence-electron chi connectivity index (χ1n) is 4.74. The third kappa shape index (κ3) is 1.77. The minimum atomic E-state index is -0.319. The van der Waals surface area contributed by atoms with Crippen LogP contribution in [0.1, 0.15) is 12.5 Å². The van der Waals surface area contributed by atoms with Crippen LogP contribution in [-0.4, -0.2) is 13.1 Å². The fraction of sp³-hybridized carbons (Fsp3) is 0.455. The van der Waals surface area contributed by atoms with E-state index in [4.69, 9.17) is 11.6 Å². The Kier molecular flexibility index (Phi) is 2.50. The van der Waals surface area contributed by atoms with Crippen LogP contribution in [0.5, 0.6) is 0 Å². The molecule has 0 aromatic heterocycles. The first-order valence-corrected chi connectivity index (χ1v) is 5.12. The van der Waals surface area contributed by atoms with Crippen molar-refractivity contribution in [3.8, 4) is 0 Å². The Morgan fingerprint density at radius 3 is 2.79 bits per heavy atom. The number of rotatable bonds is 2. The highest BCUT2D eigenvalue weighted by atomic mass is 35.5. The van der Waals surface area contributed by atoms with Gasteiger partial charge in [0.1, 0.15) is 5.82 Å². The van der Waals surface area contributed by atoms with Crippen LogP contribution in [0.2, 0.25) is 5.02 Å². The van der Waals surface area contributed by atoms with Crippen LogP contribution in [0.25, 0.3) is 0 Å².